The molecule has 192 valence electrons. The monoisotopic (exact) mass is 480 g/mol. The molecule has 1 rings (SSSR count). The largest absolute Gasteiger partial charge is 0.507 e. The minimum atomic E-state index is -1.24. The van der Waals surface area contributed by atoms with E-state index in [4.69, 9.17) is 0 Å². The maximum atomic E-state index is 11.4. The summed E-state index contributed by atoms with van der Waals surface area (Å²) in [5.41, 5.74) is 4.32. The minimum Gasteiger partial charge on any atom is -0.507 e. The van der Waals surface area contributed by atoms with Gasteiger partial charge in [-0.2, -0.15) is 5.26 Å². The number of rotatable bonds is 9. The lowest BCUT2D eigenvalue weighted by Crippen LogP contribution is -2.06. The molecule has 0 heterocycles. The van der Waals surface area contributed by atoms with Crippen molar-refractivity contribution in [1.29, 1.82) is 5.26 Å². The normalized spacial score (nSPS) is 12.1. The molecule has 0 saturated carbocycles. The summed E-state index contributed by atoms with van der Waals surface area (Å²) in [5.74, 6) is -0.751. The Hall–Kier alpha value is -3.39. The number of hydrogen-bond acceptors (Lipinski definition) is 4. The van der Waals surface area contributed by atoms with Crippen LogP contribution in [0.2, 0.25) is 0 Å². The Balaban J connectivity index is 0. The molecular formula is C30H44N2O3. The number of aryl methyl sites for hydroxylation is 1. The van der Waals surface area contributed by atoms with Crippen LogP contribution in [0.15, 0.2) is 64.4 Å². The molecule has 0 fully saturated rings. The van der Waals surface area contributed by atoms with Crippen LogP contribution >= 0.6 is 0 Å². The van der Waals surface area contributed by atoms with Crippen molar-refractivity contribution in [2.24, 2.45) is 10.9 Å². The van der Waals surface area contributed by atoms with Crippen LogP contribution in [0.1, 0.15) is 84.9 Å². The average Bonchev–Trinajstić information content (AvgIpc) is 2.80. The van der Waals surface area contributed by atoms with Gasteiger partial charge in [0.2, 0.25) is 0 Å². The Morgan fingerprint density at radius 2 is 1.74 bits per heavy atom. The Labute approximate surface area is 212 Å². The van der Waals surface area contributed by atoms with Crippen molar-refractivity contribution in [1.82, 2.24) is 0 Å². The second-order valence-electron chi connectivity index (χ2n) is 8.41. The van der Waals surface area contributed by atoms with Gasteiger partial charge in [0, 0.05) is 12.8 Å². The molecular weight excluding hydrogens is 436 g/mol. The molecule has 1 aromatic rings. The van der Waals surface area contributed by atoms with Gasteiger partial charge in [-0.3, -0.25) is 4.99 Å². The number of aliphatic carboxylic acids is 1. The Bertz CT molecular complexity index is 985. The van der Waals surface area contributed by atoms with E-state index in [1.54, 1.807) is 6.07 Å². The third-order valence-corrected chi connectivity index (χ3v) is 4.31. The number of carboxylic acid groups (broad SMARTS) is 1. The predicted octanol–water partition coefficient (Wildman–Crippen LogP) is 8.23. The number of carbonyl (C=O) groups is 1. The topological polar surface area (TPSA) is 93.7 Å². The molecule has 0 saturated heterocycles. The molecule has 0 spiro atoms. The minimum absolute atomic E-state index is 0.249. The highest BCUT2D eigenvalue weighted by Crippen LogP contribution is 2.25. The van der Waals surface area contributed by atoms with Gasteiger partial charge in [0.05, 0.1) is 11.6 Å². The van der Waals surface area contributed by atoms with Gasteiger partial charge < -0.3 is 10.2 Å². The lowest BCUT2D eigenvalue weighted by atomic mass is 9.95. The highest BCUT2D eigenvalue weighted by molar-refractivity contribution is 6.09. The standard InChI is InChI=1S/C24H28N2O3.C4H10.C2H6/c1-6-10-26-15-22(24(28)29)23(27)13-19(7-2)17(4)12-18(5)21-11-16(3)8-9-20(21)14-25;1-4(2)3;1-2/h8-9,11-13,15,27H,5-7,10H2,1-4H3,(H,28,29);4H,1-3H3;1-2H3/b17-12+,19-13+,23-22-,26-15?;;. The molecule has 2 N–H and O–H groups in total. The summed E-state index contributed by atoms with van der Waals surface area (Å²) >= 11 is 0. The second kappa shape index (κ2) is 19.0. The molecule has 0 aliphatic rings. The Morgan fingerprint density at radius 3 is 2.20 bits per heavy atom. The van der Waals surface area contributed by atoms with Gasteiger partial charge in [-0.1, -0.05) is 78.8 Å². The summed E-state index contributed by atoms with van der Waals surface area (Å²) in [5, 5.41) is 29.0. The summed E-state index contributed by atoms with van der Waals surface area (Å²) in [7, 11) is 0. The van der Waals surface area contributed by atoms with Crippen molar-refractivity contribution in [3.05, 3.63) is 76.1 Å². The lowest BCUT2D eigenvalue weighted by molar-refractivity contribution is -0.132. The zero-order chi connectivity index (χ0) is 27.6. The molecule has 0 unspecified atom stereocenters. The molecule has 0 radical (unpaired) electrons. The lowest BCUT2D eigenvalue weighted by Gasteiger charge is -2.10. The van der Waals surface area contributed by atoms with Crippen molar-refractivity contribution < 1.29 is 15.0 Å². The van der Waals surface area contributed by atoms with E-state index in [9.17, 15) is 20.3 Å². The highest BCUT2D eigenvalue weighted by Gasteiger charge is 2.12. The first-order valence-electron chi connectivity index (χ1n) is 12.2. The van der Waals surface area contributed by atoms with Crippen LogP contribution in [0.25, 0.3) is 5.57 Å². The molecule has 0 amide bonds. The fourth-order valence-corrected chi connectivity index (χ4v) is 2.71. The number of benzene rings is 1. The molecule has 0 aliphatic heterocycles. The van der Waals surface area contributed by atoms with Gasteiger partial charge in [0.15, 0.2) is 0 Å². The molecule has 5 nitrogen and oxygen atoms in total. The van der Waals surface area contributed by atoms with E-state index < -0.39 is 5.97 Å². The second-order valence-corrected chi connectivity index (χ2v) is 8.41. The van der Waals surface area contributed by atoms with Crippen molar-refractivity contribution in [2.75, 3.05) is 6.54 Å². The summed E-state index contributed by atoms with van der Waals surface area (Å²) in [4.78, 5) is 15.5. The summed E-state index contributed by atoms with van der Waals surface area (Å²) < 4.78 is 0. The third kappa shape index (κ3) is 13.8. The van der Waals surface area contributed by atoms with E-state index in [1.165, 1.54) is 12.3 Å². The van der Waals surface area contributed by atoms with Crippen LogP contribution in [0.3, 0.4) is 0 Å². The Kier molecular flexibility index (Phi) is 18.3. The van der Waals surface area contributed by atoms with Crippen molar-refractivity contribution in [2.45, 2.75) is 75.2 Å². The first-order valence-corrected chi connectivity index (χ1v) is 12.2. The van der Waals surface area contributed by atoms with E-state index >= 15 is 0 Å². The molecule has 5 heteroatoms. The number of nitrogens with zero attached hydrogens (tertiary/aromatic N) is 2. The number of allylic oxidation sites excluding steroid dienone is 5. The van der Waals surface area contributed by atoms with Crippen LogP contribution in [-0.2, 0) is 4.79 Å². The maximum Gasteiger partial charge on any atom is 0.341 e. The van der Waals surface area contributed by atoms with E-state index in [-0.39, 0.29) is 11.3 Å². The number of carboxylic acids is 1. The van der Waals surface area contributed by atoms with Gasteiger partial charge in [-0.15, -0.1) is 0 Å². The number of aliphatic imine (C=N–C) groups is 1. The number of aliphatic hydroxyl groups is 1. The van der Waals surface area contributed by atoms with Crippen LogP contribution in [0.4, 0.5) is 0 Å². The van der Waals surface area contributed by atoms with E-state index in [0.717, 1.165) is 34.6 Å². The highest BCUT2D eigenvalue weighted by atomic mass is 16.4. The molecule has 0 aromatic heterocycles. The molecule has 0 atom stereocenters. The van der Waals surface area contributed by atoms with Crippen LogP contribution < -0.4 is 0 Å². The van der Waals surface area contributed by atoms with Crippen molar-refractivity contribution >= 4 is 17.8 Å². The average molecular weight is 481 g/mol. The van der Waals surface area contributed by atoms with E-state index in [1.807, 2.05) is 59.8 Å². The van der Waals surface area contributed by atoms with Gasteiger partial charge >= 0.3 is 5.97 Å². The fraction of sp³-hybridized carbons (Fsp3) is 0.433. The van der Waals surface area contributed by atoms with E-state index in [2.05, 4.69) is 38.4 Å². The van der Waals surface area contributed by atoms with Crippen LogP contribution in [-0.4, -0.2) is 28.9 Å². The first kappa shape index (κ1) is 33.8. The van der Waals surface area contributed by atoms with Gasteiger partial charge in [0.25, 0.3) is 0 Å². The fourth-order valence-electron chi connectivity index (χ4n) is 2.71. The predicted molar refractivity (Wildman–Crippen MR) is 150 cm³/mol. The summed E-state index contributed by atoms with van der Waals surface area (Å²) in [6, 6.07) is 7.72. The van der Waals surface area contributed by atoms with Crippen LogP contribution in [0.5, 0.6) is 0 Å². The van der Waals surface area contributed by atoms with Gasteiger partial charge in [-0.25, -0.2) is 4.79 Å². The third-order valence-electron chi connectivity index (χ3n) is 4.31. The summed E-state index contributed by atoms with van der Waals surface area (Å²) in [6.07, 6.45) is 5.84. The van der Waals surface area contributed by atoms with E-state index in [0.29, 0.717) is 24.1 Å². The smallest absolute Gasteiger partial charge is 0.341 e. The van der Waals surface area contributed by atoms with Gasteiger partial charge in [0.1, 0.15) is 11.3 Å². The van der Waals surface area contributed by atoms with Crippen molar-refractivity contribution in [3.8, 4) is 6.07 Å². The van der Waals surface area contributed by atoms with Crippen LogP contribution in [0, 0.1) is 24.2 Å². The first-order chi connectivity index (χ1) is 16.5. The maximum absolute atomic E-state index is 11.4. The quantitative estimate of drug-likeness (QED) is 0.161. The molecule has 35 heavy (non-hydrogen) atoms. The Morgan fingerprint density at radius 1 is 1.17 bits per heavy atom. The van der Waals surface area contributed by atoms with Gasteiger partial charge in [-0.05, 0) is 67.0 Å². The molecule has 0 bridgehead atoms. The number of hydrogen-bond donors (Lipinski definition) is 2. The molecule has 0 aliphatic carbocycles. The number of nitriles is 1. The zero-order valence-electron chi connectivity index (χ0n) is 23.1. The molecule has 1 aromatic carbocycles. The number of aliphatic hydroxyl groups excluding tert-OH is 1. The zero-order valence-corrected chi connectivity index (χ0v) is 23.1. The summed E-state index contributed by atoms with van der Waals surface area (Å²) in [6.45, 7) is 22.7. The van der Waals surface area contributed by atoms with Crippen molar-refractivity contribution in [3.63, 3.8) is 0 Å². The SMILES string of the molecule is C=C(/C=C(C)/C(=C/C(O)=C(\C=NCCC)C(=O)O)CC)c1cc(C)ccc1C#N.CC.CC(C)C.